The van der Waals surface area contributed by atoms with Gasteiger partial charge in [0.2, 0.25) is 0 Å². The fourth-order valence-corrected chi connectivity index (χ4v) is 3.95. The SMILES string of the molecule is O=Cc1ccccc1OCCN1C(=O)c2ccccc2S1(=O)=O. The third-order valence-electron chi connectivity index (χ3n) is 3.51. The molecule has 0 atom stereocenters. The van der Waals surface area contributed by atoms with Crippen LogP contribution in [0.5, 0.6) is 5.75 Å². The number of carbonyl (C=O) groups is 2. The number of hydrogen-bond donors (Lipinski definition) is 0. The molecule has 0 bridgehead atoms. The maximum Gasteiger partial charge on any atom is 0.269 e. The van der Waals surface area contributed by atoms with Crippen LogP contribution in [0, 0.1) is 0 Å². The standard InChI is InChI=1S/C16H13NO5S/c18-11-12-5-1-3-7-14(12)22-10-9-17-16(19)13-6-2-4-8-15(13)23(17,20)21/h1-8,11H,9-10H2. The lowest BCUT2D eigenvalue weighted by Crippen LogP contribution is -2.33. The fraction of sp³-hybridized carbons (Fsp3) is 0.125. The van der Waals surface area contributed by atoms with Crippen LogP contribution in [0.25, 0.3) is 0 Å². The smallest absolute Gasteiger partial charge is 0.269 e. The van der Waals surface area contributed by atoms with Gasteiger partial charge in [0.15, 0.2) is 6.29 Å². The lowest BCUT2D eigenvalue weighted by Gasteiger charge is -2.16. The maximum atomic E-state index is 12.4. The minimum atomic E-state index is -3.83. The highest BCUT2D eigenvalue weighted by atomic mass is 32.2. The second-order valence-corrected chi connectivity index (χ2v) is 6.71. The summed E-state index contributed by atoms with van der Waals surface area (Å²) in [5, 5.41) is 0. The summed E-state index contributed by atoms with van der Waals surface area (Å²) in [4.78, 5) is 23.1. The number of amides is 1. The van der Waals surface area contributed by atoms with Crippen molar-refractivity contribution in [3.63, 3.8) is 0 Å². The number of ether oxygens (including phenoxy) is 1. The maximum absolute atomic E-state index is 12.4. The van der Waals surface area contributed by atoms with Crippen LogP contribution in [0.15, 0.2) is 53.4 Å². The van der Waals surface area contributed by atoms with Gasteiger partial charge in [-0.25, -0.2) is 12.7 Å². The number of nitrogens with zero attached hydrogens (tertiary/aromatic N) is 1. The van der Waals surface area contributed by atoms with Gasteiger partial charge in [0.25, 0.3) is 15.9 Å². The second kappa shape index (κ2) is 5.85. The molecule has 0 saturated heterocycles. The highest BCUT2D eigenvalue weighted by Gasteiger charge is 2.40. The molecule has 118 valence electrons. The van der Waals surface area contributed by atoms with Crippen LogP contribution in [0.1, 0.15) is 20.7 Å². The van der Waals surface area contributed by atoms with E-state index in [1.807, 2.05) is 0 Å². The topological polar surface area (TPSA) is 80.8 Å². The molecular formula is C16H13NO5S. The zero-order valence-electron chi connectivity index (χ0n) is 12.0. The Hall–Kier alpha value is -2.67. The molecule has 2 aromatic rings. The summed E-state index contributed by atoms with van der Waals surface area (Å²) >= 11 is 0. The van der Waals surface area contributed by atoms with Crippen LogP contribution >= 0.6 is 0 Å². The number of aldehydes is 1. The van der Waals surface area contributed by atoms with Gasteiger partial charge in [-0.1, -0.05) is 24.3 Å². The zero-order chi connectivity index (χ0) is 16.4. The molecule has 0 fully saturated rings. The normalized spacial score (nSPS) is 15.3. The van der Waals surface area contributed by atoms with Crippen molar-refractivity contribution in [3.8, 4) is 5.75 Å². The van der Waals surface area contributed by atoms with Crippen LogP contribution in [0.2, 0.25) is 0 Å². The van der Waals surface area contributed by atoms with Crippen LogP contribution in [-0.2, 0) is 10.0 Å². The van der Waals surface area contributed by atoms with Gasteiger partial charge in [0, 0.05) is 0 Å². The molecule has 3 rings (SSSR count). The first-order chi connectivity index (χ1) is 11.1. The van der Waals surface area contributed by atoms with Crippen molar-refractivity contribution in [2.75, 3.05) is 13.2 Å². The number of sulfonamides is 1. The van der Waals surface area contributed by atoms with E-state index in [0.29, 0.717) is 17.6 Å². The summed E-state index contributed by atoms with van der Waals surface area (Å²) in [7, 11) is -3.83. The molecule has 2 aromatic carbocycles. The van der Waals surface area contributed by atoms with E-state index in [-0.39, 0.29) is 23.6 Å². The van der Waals surface area contributed by atoms with Gasteiger partial charge in [-0.2, -0.15) is 0 Å². The highest BCUT2D eigenvalue weighted by molar-refractivity contribution is 7.90. The van der Waals surface area contributed by atoms with Crippen molar-refractivity contribution in [1.82, 2.24) is 4.31 Å². The first-order valence-electron chi connectivity index (χ1n) is 6.89. The van der Waals surface area contributed by atoms with Crippen LogP contribution < -0.4 is 4.74 Å². The number of carbonyl (C=O) groups excluding carboxylic acids is 2. The average molecular weight is 331 g/mol. The van der Waals surface area contributed by atoms with Gasteiger partial charge < -0.3 is 4.74 Å². The molecule has 6 nitrogen and oxygen atoms in total. The van der Waals surface area contributed by atoms with Crippen LogP contribution in [0.4, 0.5) is 0 Å². The Labute approximate surface area is 133 Å². The molecule has 7 heteroatoms. The Balaban J connectivity index is 1.75. The predicted octanol–water partition coefficient (Wildman–Crippen LogP) is 1.72. The Morgan fingerprint density at radius 1 is 1.04 bits per heavy atom. The highest BCUT2D eigenvalue weighted by Crippen LogP contribution is 2.29. The van der Waals surface area contributed by atoms with Crippen molar-refractivity contribution in [1.29, 1.82) is 0 Å². The molecule has 0 spiro atoms. The van der Waals surface area contributed by atoms with Crippen molar-refractivity contribution < 1.29 is 22.7 Å². The largest absolute Gasteiger partial charge is 0.491 e. The summed E-state index contributed by atoms with van der Waals surface area (Å²) in [6.45, 7) is -0.160. The Bertz CT molecular complexity index is 876. The van der Waals surface area contributed by atoms with Gasteiger partial charge in [-0.05, 0) is 24.3 Å². The molecule has 1 amide bonds. The second-order valence-electron chi connectivity index (χ2n) is 4.88. The van der Waals surface area contributed by atoms with Gasteiger partial charge in [0.1, 0.15) is 17.3 Å². The third-order valence-corrected chi connectivity index (χ3v) is 5.35. The minimum absolute atomic E-state index is 0.0123. The Kier molecular flexibility index (Phi) is 3.87. The predicted molar refractivity (Wildman–Crippen MR) is 82.0 cm³/mol. The molecule has 1 heterocycles. The van der Waals surface area contributed by atoms with E-state index >= 15 is 0 Å². The molecule has 0 unspecified atom stereocenters. The van der Waals surface area contributed by atoms with Gasteiger partial charge in [-0.3, -0.25) is 9.59 Å². The van der Waals surface area contributed by atoms with Gasteiger partial charge in [-0.15, -0.1) is 0 Å². The summed E-state index contributed by atoms with van der Waals surface area (Å²) in [5.41, 5.74) is 0.534. The van der Waals surface area contributed by atoms with Gasteiger partial charge >= 0.3 is 0 Å². The van der Waals surface area contributed by atoms with E-state index < -0.39 is 15.9 Å². The Morgan fingerprint density at radius 3 is 2.48 bits per heavy atom. The van der Waals surface area contributed by atoms with Crippen LogP contribution in [0.3, 0.4) is 0 Å². The number of para-hydroxylation sites is 1. The Morgan fingerprint density at radius 2 is 1.74 bits per heavy atom. The molecule has 0 aromatic heterocycles. The van der Waals surface area contributed by atoms with Crippen LogP contribution in [-0.4, -0.2) is 38.1 Å². The lowest BCUT2D eigenvalue weighted by molar-refractivity contribution is 0.0856. The molecule has 1 aliphatic heterocycles. The molecular weight excluding hydrogens is 318 g/mol. The number of benzene rings is 2. The number of hydrogen-bond acceptors (Lipinski definition) is 5. The van der Waals surface area contributed by atoms with E-state index in [1.165, 1.54) is 12.1 Å². The molecule has 0 N–H and O–H groups in total. The van der Waals surface area contributed by atoms with E-state index in [9.17, 15) is 18.0 Å². The fourth-order valence-electron chi connectivity index (χ4n) is 2.40. The van der Waals surface area contributed by atoms with E-state index in [2.05, 4.69) is 0 Å². The minimum Gasteiger partial charge on any atom is -0.491 e. The zero-order valence-corrected chi connectivity index (χ0v) is 12.8. The van der Waals surface area contributed by atoms with E-state index in [1.54, 1.807) is 36.4 Å². The molecule has 0 aliphatic carbocycles. The van der Waals surface area contributed by atoms with E-state index in [0.717, 1.165) is 4.31 Å². The summed E-state index contributed by atoms with van der Waals surface area (Å²) in [6.07, 6.45) is 0.656. The van der Waals surface area contributed by atoms with Gasteiger partial charge in [0.05, 0.1) is 17.7 Å². The van der Waals surface area contributed by atoms with E-state index in [4.69, 9.17) is 4.74 Å². The third kappa shape index (κ3) is 2.59. The molecule has 0 radical (unpaired) electrons. The van der Waals surface area contributed by atoms with Crippen molar-refractivity contribution >= 4 is 22.2 Å². The number of fused-ring (bicyclic) bond motifs is 1. The summed E-state index contributed by atoms with van der Waals surface area (Å²) in [6, 6.07) is 12.7. The first-order valence-corrected chi connectivity index (χ1v) is 8.33. The first kappa shape index (κ1) is 15.2. The number of rotatable bonds is 5. The molecule has 23 heavy (non-hydrogen) atoms. The van der Waals surface area contributed by atoms with Crippen molar-refractivity contribution in [2.45, 2.75) is 4.90 Å². The van der Waals surface area contributed by atoms with Crippen molar-refractivity contribution in [3.05, 3.63) is 59.7 Å². The molecule has 1 aliphatic rings. The van der Waals surface area contributed by atoms with Crippen molar-refractivity contribution in [2.24, 2.45) is 0 Å². The lowest BCUT2D eigenvalue weighted by atomic mass is 10.2. The monoisotopic (exact) mass is 331 g/mol. The molecule has 0 saturated carbocycles. The summed E-state index contributed by atoms with van der Waals surface area (Å²) in [5.74, 6) is -0.211. The average Bonchev–Trinajstić information content (AvgIpc) is 2.76. The quantitative estimate of drug-likeness (QED) is 0.779. The summed E-state index contributed by atoms with van der Waals surface area (Å²) < 4.78 is 30.9.